The zero-order chi connectivity index (χ0) is 10.1. The van der Waals surface area contributed by atoms with Crippen molar-refractivity contribution in [3.63, 3.8) is 0 Å². The van der Waals surface area contributed by atoms with Crippen molar-refractivity contribution in [3.05, 3.63) is 11.4 Å². The van der Waals surface area contributed by atoms with Crippen molar-refractivity contribution in [3.8, 4) is 0 Å². The number of H-pyrrole nitrogens is 1. The Bertz CT molecular complexity index is 382. The van der Waals surface area contributed by atoms with E-state index >= 15 is 0 Å². The lowest BCUT2D eigenvalue weighted by Gasteiger charge is -1.98. The van der Waals surface area contributed by atoms with Gasteiger partial charge in [0.25, 0.3) is 5.91 Å². The molecule has 14 heavy (non-hydrogen) atoms. The average molecular weight is 196 g/mol. The Hall–Kier alpha value is -1.92. The van der Waals surface area contributed by atoms with E-state index in [4.69, 9.17) is 5.11 Å². The van der Waals surface area contributed by atoms with Gasteiger partial charge in [-0.05, 0) is 12.8 Å². The normalized spacial score (nSPS) is 15.1. The van der Waals surface area contributed by atoms with Crippen molar-refractivity contribution in [2.45, 2.75) is 18.9 Å². The second-order valence-electron chi connectivity index (χ2n) is 3.07. The van der Waals surface area contributed by atoms with Gasteiger partial charge in [-0.15, -0.1) is 10.2 Å². The topological polar surface area (TPSA) is 108 Å². The second-order valence-corrected chi connectivity index (χ2v) is 3.07. The predicted octanol–water partition coefficient (Wildman–Crippen LogP) is -0.605. The van der Waals surface area contributed by atoms with Crippen LogP contribution in [0, 0.1) is 0 Å². The number of carboxylic acid groups (broad SMARTS) is 1. The van der Waals surface area contributed by atoms with E-state index in [0.717, 1.165) is 12.8 Å². The van der Waals surface area contributed by atoms with E-state index in [0.29, 0.717) is 0 Å². The number of aromatic carboxylic acids is 1. The Morgan fingerprint density at radius 3 is 2.57 bits per heavy atom. The van der Waals surface area contributed by atoms with Crippen LogP contribution in [0.4, 0.5) is 0 Å². The quantitative estimate of drug-likeness (QED) is 0.598. The summed E-state index contributed by atoms with van der Waals surface area (Å²) in [7, 11) is 0. The first-order valence-electron chi connectivity index (χ1n) is 4.13. The highest BCUT2D eigenvalue weighted by atomic mass is 16.4. The maximum Gasteiger partial charge on any atom is 0.358 e. The lowest BCUT2D eigenvalue weighted by Crippen LogP contribution is -2.27. The molecule has 7 nitrogen and oxygen atoms in total. The van der Waals surface area contributed by atoms with Gasteiger partial charge in [0.1, 0.15) is 0 Å². The Kier molecular flexibility index (Phi) is 1.91. The third kappa shape index (κ3) is 1.56. The summed E-state index contributed by atoms with van der Waals surface area (Å²) in [4.78, 5) is 22.0. The molecule has 0 bridgehead atoms. The maximum atomic E-state index is 11.4. The highest BCUT2D eigenvalue weighted by Gasteiger charge is 2.28. The Morgan fingerprint density at radius 1 is 1.36 bits per heavy atom. The molecular formula is C7H8N4O3. The molecule has 0 aromatic carbocycles. The summed E-state index contributed by atoms with van der Waals surface area (Å²) in [6.45, 7) is 0. The highest BCUT2D eigenvalue weighted by molar-refractivity contribution is 6.02. The number of rotatable bonds is 3. The Labute approximate surface area is 78.5 Å². The van der Waals surface area contributed by atoms with Crippen LogP contribution in [0.1, 0.15) is 33.8 Å². The van der Waals surface area contributed by atoms with Gasteiger partial charge < -0.3 is 10.4 Å². The molecule has 74 valence electrons. The Balaban J connectivity index is 2.17. The summed E-state index contributed by atoms with van der Waals surface area (Å²) >= 11 is 0. The smallest absolute Gasteiger partial charge is 0.358 e. The second kappa shape index (κ2) is 3.09. The van der Waals surface area contributed by atoms with E-state index in [1.54, 1.807) is 0 Å². The molecule has 1 aromatic heterocycles. The number of nitrogens with one attached hydrogen (secondary N) is 2. The largest absolute Gasteiger partial charge is 0.476 e. The van der Waals surface area contributed by atoms with Gasteiger partial charge >= 0.3 is 5.97 Å². The molecule has 7 heteroatoms. The minimum Gasteiger partial charge on any atom is -0.476 e. The summed E-state index contributed by atoms with van der Waals surface area (Å²) in [5, 5.41) is 20.2. The molecule has 1 saturated carbocycles. The van der Waals surface area contributed by atoms with Gasteiger partial charge in [-0.2, -0.15) is 5.21 Å². The van der Waals surface area contributed by atoms with Gasteiger partial charge in [0, 0.05) is 6.04 Å². The molecule has 0 saturated heterocycles. The lowest BCUT2D eigenvalue weighted by molar-refractivity contribution is 0.0684. The summed E-state index contributed by atoms with van der Waals surface area (Å²) < 4.78 is 0. The van der Waals surface area contributed by atoms with Crippen molar-refractivity contribution < 1.29 is 14.7 Å². The van der Waals surface area contributed by atoms with Gasteiger partial charge in [-0.3, -0.25) is 4.79 Å². The molecule has 0 unspecified atom stereocenters. The van der Waals surface area contributed by atoms with Crippen LogP contribution < -0.4 is 5.32 Å². The number of amides is 1. The number of carboxylic acids is 1. The van der Waals surface area contributed by atoms with Crippen molar-refractivity contribution >= 4 is 11.9 Å². The molecule has 3 N–H and O–H groups in total. The molecule has 1 aliphatic rings. The molecule has 1 fully saturated rings. The number of aromatic amines is 1. The van der Waals surface area contributed by atoms with Crippen LogP contribution in [0.25, 0.3) is 0 Å². The van der Waals surface area contributed by atoms with Gasteiger partial charge in [0.05, 0.1) is 0 Å². The number of nitrogens with zero attached hydrogens (tertiary/aromatic N) is 2. The number of carbonyl (C=O) groups excluding carboxylic acids is 1. The van der Waals surface area contributed by atoms with Gasteiger partial charge in [-0.1, -0.05) is 0 Å². The standard InChI is InChI=1S/C7H8N4O3/c12-6(8-3-1-2-3)4-5(7(13)14)10-11-9-4/h3H,1-2H2,(H,8,12)(H,13,14)(H,9,10,11). The van der Waals surface area contributed by atoms with E-state index in [2.05, 4.69) is 20.7 Å². The zero-order valence-corrected chi connectivity index (χ0v) is 7.15. The minimum absolute atomic E-state index is 0.163. The van der Waals surface area contributed by atoms with Gasteiger partial charge in [0.15, 0.2) is 5.69 Å². The van der Waals surface area contributed by atoms with Gasteiger partial charge in [-0.25, -0.2) is 4.79 Å². The van der Waals surface area contributed by atoms with Crippen LogP contribution >= 0.6 is 0 Å². The van der Waals surface area contributed by atoms with E-state index in [-0.39, 0.29) is 17.4 Å². The van der Waals surface area contributed by atoms with E-state index < -0.39 is 11.9 Å². The maximum absolute atomic E-state index is 11.4. The van der Waals surface area contributed by atoms with Crippen LogP contribution in [0.5, 0.6) is 0 Å². The van der Waals surface area contributed by atoms with Crippen molar-refractivity contribution in [2.75, 3.05) is 0 Å². The summed E-state index contributed by atoms with van der Waals surface area (Å²) in [5.74, 6) is -1.75. The van der Waals surface area contributed by atoms with Crippen LogP contribution in [0.3, 0.4) is 0 Å². The van der Waals surface area contributed by atoms with Crippen LogP contribution in [-0.2, 0) is 0 Å². The lowest BCUT2D eigenvalue weighted by atomic mass is 10.3. The molecule has 0 spiro atoms. The van der Waals surface area contributed by atoms with Crippen molar-refractivity contribution in [1.82, 2.24) is 20.7 Å². The SMILES string of the molecule is O=C(O)c1n[nH]nc1C(=O)NC1CC1. The third-order valence-corrected chi connectivity index (χ3v) is 1.88. The average Bonchev–Trinajstić information content (AvgIpc) is 2.81. The molecule has 1 aliphatic carbocycles. The van der Waals surface area contributed by atoms with Gasteiger partial charge in [0.2, 0.25) is 5.69 Å². The first-order chi connectivity index (χ1) is 6.68. The molecule has 1 amide bonds. The highest BCUT2D eigenvalue weighted by Crippen LogP contribution is 2.19. The molecule has 1 aromatic rings. The summed E-state index contributed by atoms with van der Waals surface area (Å²) in [6, 6.07) is 0.167. The summed E-state index contributed by atoms with van der Waals surface area (Å²) in [6.07, 6.45) is 1.87. The van der Waals surface area contributed by atoms with Crippen LogP contribution in [-0.4, -0.2) is 38.4 Å². The van der Waals surface area contributed by atoms with Crippen molar-refractivity contribution in [1.29, 1.82) is 0 Å². The molecule has 0 atom stereocenters. The van der Waals surface area contributed by atoms with E-state index in [9.17, 15) is 9.59 Å². The Morgan fingerprint density at radius 2 is 2.00 bits per heavy atom. The first-order valence-corrected chi connectivity index (χ1v) is 4.13. The summed E-state index contributed by atoms with van der Waals surface area (Å²) in [5.41, 5.74) is -0.507. The van der Waals surface area contributed by atoms with Crippen LogP contribution in [0.15, 0.2) is 0 Å². The van der Waals surface area contributed by atoms with Crippen LogP contribution in [0.2, 0.25) is 0 Å². The van der Waals surface area contributed by atoms with E-state index in [1.165, 1.54) is 0 Å². The monoisotopic (exact) mass is 196 g/mol. The number of hydrogen-bond acceptors (Lipinski definition) is 4. The zero-order valence-electron chi connectivity index (χ0n) is 7.15. The van der Waals surface area contributed by atoms with E-state index in [1.807, 2.05) is 0 Å². The fourth-order valence-corrected chi connectivity index (χ4v) is 1.02. The third-order valence-electron chi connectivity index (χ3n) is 1.88. The molecule has 0 aliphatic heterocycles. The molecular weight excluding hydrogens is 188 g/mol. The first kappa shape index (κ1) is 8.67. The fraction of sp³-hybridized carbons (Fsp3) is 0.429. The molecule has 2 rings (SSSR count). The predicted molar refractivity (Wildman–Crippen MR) is 43.8 cm³/mol. The number of hydrogen-bond donors (Lipinski definition) is 3. The minimum atomic E-state index is -1.26. The molecule has 0 radical (unpaired) electrons. The number of carbonyl (C=O) groups is 2. The molecule has 1 heterocycles. The number of aromatic nitrogens is 3. The fourth-order valence-electron chi connectivity index (χ4n) is 1.02. The van der Waals surface area contributed by atoms with Crippen molar-refractivity contribution in [2.24, 2.45) is 0 Å².